The summed E-state index contributed by atoms with van der Waals surface area (Å²) in [6.07, 6.45) is 5.19. The van der Waals surface area contributed by atoms with Crippen LogP contribution in [0.3, 0.4) is 0 Å². The van der Waals surface area contributed by atoms with Crippen LogP contribution in [-0.4, -0.2) is 30.1 Å². The zero-order chi connectivity index (χ0) is 18.4. The lowest BCUT2D eigenvalue weighted by atomic mass is 9.92. The zero-order valence-electron chi connectivity index (χ0n) is 15.2. The number of benzene rings is 1. The summed E-state index contributed by atoms with van der Waals surface area (Å²) >= 11 is 1.43. The van der Waals surface area contributed by atoms with Gasteiger partial charge >= 0.3 is 0 Å². The molecule has 1 aliphatic heterocycles. The van der Waals surface area contributed by atoms with E-state index in [9.17, 15) is 4.79 Å². The molecule has 140 valence electrons. The highest BCUT2D eigenvalue weighted by atomic mass is 32.1. The number of ether oxygens (including phenoxy) is 1. The maximum absolute atomic E-state index is 12.4. The van der Waals surface area contributed by atoms with Crippen LogP contribution in [0.5, 0.6) is 0 Å². The monoisotopic (exact) mass is 373 g/mol. The quantitative estimate of drug-likeness (QED) is 0.773. The van der Waals surface area contributed by atoms with Crippen molar-refractivity contribution in [3.63, 3.8) is 0 Å². The highest BCUT2D eigenvalue weighted by Crippen LogP contribution is 2.26. The molecule has 1 saturated heterocycles. The smallest absolute Gasteiger partial charge is 0.243 e. The molecule has 2 heterocycles. The SMILES string of the molecule is CCCCc1ccc(-c2csc(NC(=O)C(N)C3CCOCC3)n2)cc1. The Bertz CT molecular complexity index is 708. The topological polar surface area (TPSA) is 77.2 Å². The van der Waals surface area contributed by atoms with Gasteiger partial charge in [0.1, 0.15) is 0 Å². The average molecular weight is 374 g/mol. The number of nitrogens with two attached hydrogens (primary N) is 1. The predicted molar refractivity (Wildman–Crippen MR) is 106 cm³/mol. The lowest BCUT2D eigenvalue weighted by molar-refractivity contribution is -0.119. The molecule has 1 aliphatic rings. The minimum Gasteiger partial charge on any atom is -0.381 e. The summed E-state index contributed by atoms with van der Waals surface area (Å²) in [5, 5.41) is 5.44. The molecule has 26 heavy (non-hydrogen) atoms. The molecule has 3 N–H and O–H groups in total. The molecule has 2 aromatic rings. The standard InChI is InChI=1S/C20H27N3O2S/c1-2-3-4-14-5-7-15(8-6-14)17-13-26-20(22-17)23-19(24)18(21)16-9-11-25-12-10-16/h5-8,13,16,18H,2-4,9-12,21H2,1H3,(H,22,23,24). The number of carbonyl (C=O) groups is 1. The number of carbonyl (C=O) groups excluding carboxylic acids is 1. The number of thiazole rings is 1. The van der Waals surface area contributed by atoms with Crippen molar-refractivity contribution in [1.82, 2.24) is 4.98 Å². The normalized spacial score (nSPS) is 16.4. The highest BCUT2D eigenvalue weighted by molar-refractivity contribution is 7.14. The van der Waals surface area contributed by atoms with Crippen LogP contribution in [0.2, 0.25) is 0 Å². The summed E-state index contributed by atoms with van der Waals surface area (Å²) in [5.74, 6) is 0.0200. The van der Waals surface area contributed by atoms with E-state index in [4.69, 9.17) is 10.5 Å². The van der Waals surface area contributed by atoms with E-state index in [0.29, 0.717) is 18.3 Å². The Kier molecular flexibility index (Phi) is 6.77. The van der Waals surface area contributed by atoms with Crippen LogP contribution < -0.4 is 11.1 Å². The van der Waals surface area contributed by atoms with Crippen LogP contribution in [0.15, 0.2) is 29.6 Å². The maximum Gasteiger partial charge on any atom is 0.243 e. The molecule has 3 rings (SSSR count). The van der Waals surface area contributed by atoms with Crippen LogP contribution >= 0.6 is 11.3 Å². The third-order valence-corrected chi connectivity index (χ3v) is 5.64. The van der Waals surface area contributed by atoms with Crippen LogP contribution in [0.4, 0.5) is 5.13 Å². The van der Waals surface area contributed by atoms with Gasteiger partial charge in [0.2, 0.25) is 5.91 Å². The Morgan fingerprint density at radius 3 is 2.77 bits per heavy atom. The first-order chi connectivity index (χ1) is 12.7. The van der Waals surface area contributed by atoms with Gasteiger partial charge in [0.05, 0.1) is 11.7 Å². The molecule has 0 radical (unpaired) electrons. The van der Waals surface area contributed by atoms with Gasteiger partial charge in [0, 0.05) is 24.2 Å². The Morgan fingerprint density at radius 1 is 1.35 bits per heavy atom. The van der Waals surface area contributed by atoms with Crippen LogP contribution in [0.1, 0.15) is 38.2 Å². The van der Waals surface area contributed by atoms with Gasteiger partial charge in [-0.1, -0.05) is 37.6 Å². The van der Waals surface area contributed by atoms with Crippen molar-refractivity contribution in [2.24, 2.45) is 11.7 Å². The van der Waals surface area contributed by atoms with Crippen molar-refractivity contribution in [2.75, 3.05) is 18.5 Å². The number of nitrogens with one attached hydrogen (secondary N) is 1. The number of nitrogens with zero attached hydrogens (tertiary/aromatic N) is 1. The van der Waals surface area contributed by atoms with Crippen molar-refractivity contribution >= 4 is 22.4 Å². The number of hydrogen-bond donors (Lipinski definition) is 2. The maximum atomic E-state index is 12.4. The number of unbranched alkanes of at least 4 members (excludes halogenated alkanes) is 1. The third-order valence-electron chi connectivity index (χ3n) is 4.88. The number of amides is 1. The molecular weight excluding hydrogens is 346 g/mol. The molecule has 0 spiro atoms. The Morgan fingerprint density at radius 2 is 2.08 bits per heavy atom. The van der Waals surface area contributed by atoms with Crippen LogP contribution in [0, 0.1) is 5.92 Å². The fraction of sp³-hybridized carbons (Fsp3) is 0.500. The molecule has 0 saturated carbocycles. The van der Waals surface area contributed by atoms with E-state index < -0.39 is 6.04 Å². The lowest BCUT2D eigenvalue weighted by Gasteiger charge is -2.26. The summed E-state index contributed by atoms with van der Waals surface area (Å²) in [5.41, 5.74) is 9.42. The van der Waals surface area contributed by atoms with E-state index in [0.717, 1.165) is 30.5 Å². The molecule has 1 aromatic carbocycles. The van der Waals surface area contributed by atoms with Gasteiger partial charge < -0.3 is 15.8 Å². The molecule has 1 atom stereocenters. The lowest BCUT2D eigenvalue weighted by Crippen LogP contribution is -2.43. The fourth-order valence-electron chi connectivity index (χ4n) is 3.16. The Balaban J connectivity index is 1.59. The third kappa shape index (κ3) is 4.90. The van der Waals surface area contributed by atoms with Crippen molar-refractivity contribution in [1.29, 1.82) is 0 Å². The van der Waals surface area contributed by atoms with Crippen molar-refractivity contribution in [3.8, 4) is 11.3 Å². The number of aromatic nitrogens is 1. The van der Waals surface area contributed by atoms with Crippen molar-refractivity contribution in [3.05, 3.63) is 35.2 Å². The second kappa shape index (κ2) is 9.26. The highest BCUT2D eigenvalue weighted by Gasteiger charge is 2.27. The second-order valence-corrected chi connectivity index (χ2v) is 7.66. The van der Waals surface area contributed by atoms with Gasteiger partial charge in [-0.15, -0.1) is 11.3 Å². The molecule has 0 bridgehead atoms. The fourth-order valence-corrected chi connectivity index (χ4v) is 3.89. The number of aryl methyl sites for hydroxylation is 1. The summed E-state index contributed by atoms with van der Waals surface area (Å²) in [6, 6.07) is 8.00. The molecule has 1 amide bonds. The zero-order valence-corrected chi connectivity index (χ0v) is 16.1. The molecule has 1 fully saturated rings. The van der Waals surface area contributed by atoms with Gasteiger partial charge in [-0.05, 0) is 37.2 Å². The Labute approximate surface area is 159 Å². The summed E-state index contributed by atoms with van der Waals surface area (Å²) < 4.78 is 5.33. The van der Waals surface area contributed by atoms with E-state index in [1.807, 2.05) is 5.38 Å². The average Bonchev–Trinajstić information content (AvgIpc) is 3.15. The van der Waals surface area contributed by atoms with Gasteiger partial charge in [0.15, 0.2) is 5.13 Å². The first kappa shape index (κ1) is 19.0. The van der Waals surface area contributed by atoms with E-state index in [-0.39, 0.29) is 11.8 Å². The van der Waals surface area contributed by atoms with Crippen LogP contribution in [-0.2, 0) is 16.0 Å². The minimum absolute atomic E-state index is 0.160. The molecule has 5 nitrogen and oxygen atoms in total. The largest absolute Gasteiger partial charge is 0.381 e. The molecule has 0 aliphatic carbocycles. The van der Waals surface area contributed by atoms with Crippen LogP contribution in [0.25, 0.3) is 11.3 Å². The van der Waals surface area contributed by atoms with Gasteiger partial charge in [0.25, 0.3) is 0 Å². The van der Waals surface area contributed by atoms with Gasteiger partial charge in [-0.25, -0.2) is 4.98 Å². The van der Waals surface area contributed by atoms with Crippen molar-refractivity contribution < 1.29 is 9.53 Å². The van der Waals surface area contributed by atoms with E-state index in [1.165, 1.54) is 29.7 Å². The first-order valence-electron chi connectivity index (χ1n) is 9.36. The minimum atomic E-state index is -0.510. The van der Waals surface area contributed by atoms with Gasteiger partial charge in [-0.3, -0.25) is 4.79 Å². The first-order valence-corrected chi connectivity index (χ1v) is 10.2. The van der Waals surface area contributed by atoms with Crippen molar-refractivity contribution in [2.45, 2.75) is 45.1 Å². The molecule has 1 aromatic heterocycles. The molecular formula is C20H27N3O2S. The van der Waals surface area contributed by atoms with E-state index in [1.54, 1.807) is 0 Å². The second-order valence-electron chi connectivity index (χ2n) is 6.80. The number of rotatable bonds is 7. The van der Waals surface area contributed by atoms with E-state index >= 15 is 0 Å². The molecule has 1 unspecified atom stereocenters. The summed E-state index contributed by atoms with van der Waals surface area (Å²) in [7, 11) is 0. The summed E-state index contributed by atoms with van der Waals surface area (Å²) in [4.78, 5) is 16.9. The number of anilines is 1. The Hall–Kier alpha value is -1.76. The summed E-state index contributed by atoms with van der Waals surface area (Å²) in [6.45, 7) is 3.57. The number of hydrogen-bond acceptors (Lipinski definition) is 5. The van der Waals surface area contributed by atoms with E-state index in [2.05, 4.69) is 41.5 Å². The van der Waals surface area contributed by atoms with Gasteiger partial charge in [-0.2, -0.15) is 0 Å². The molecule has 6 heteroatoms. The predicted octanol–water partition coefficient (Wildman–Crippen LogP) is 3.85.